The maximum Gasteiger partial charge on any atom is 0.255 e. The Morgan fingerprint density at radius 2 is 2.09 bits per heavy atom. The molecule has 1 aliphatic heterocycles. The largest absolute Gasteiger partial charge is 0.331 e. The normalized spacial score (nSPS) is 18.0. The Morgan fingerprint density at radius 3 is 2.87 bits per heavy atom. The summed E-state index contributed by atoms with van der Waals surface area (Å²) in [5.74, 6) is 0.120. The predicted octanol–water partition coefficient (Wildman–Crippen LogP) is 4.12. The lowest BCUT2D eigenvalue weighted by atomic mass is 9.95. The van der Waals surface area contributed by atoms with E-state index >= 15 is 0 Å². The molecular formula is C19H22BrN2O+. The first kappa shape index (κ1) is 16.2. The molecule has 1 aromatic carbocycles. The molecule has 4 heteroatoms. The molecule has 1 atom stereocenters. The van der Waals surface area contributed by atoms with Crippen molar-refractivity contribution >= 4 is 21.8 Å². The van der Waals surface area contributed by atoms with E-state index in [-0.39, 0.29) is 11.9 Å². The molecule has 0 aliphatic carbocycles. The number of nitrogens with zero attached hydrogens (tertiary/aromatic N) is 2. The van der Waals surface area contributed by atoms with E-state index in [1.54, 1.807) is 0 Å². The van der Waals surface area contributed by atoms with Crippen molar-refractivity contribution in [3.05, 3.63) is 64.4 Å². The Morgan fingerprint density at radius 1 is 1.26 bits per heavy atom. The summed E-state index contributed by atoms with van der Waals surface area (Å²) in [7, 11) is 0. The number of hydrogen-bond donors (Lipinski definition) is 0. The lowest BCUT2D eigenvalue weighted by molar-refractivity contribution is -0.694. The SMILES string of the molecule is CC[n+]1cccc([C@@H]2CCCCN2C(=O)c2ccccc2Br)c1. The Bertz CT molecular complexity index is 701. The molecule has 0 bridgehead atoms. The fourth-order valence-electron chi connectivity index (χ4n) is 3.25. The topological polar surface area (TPSA) is 24.2 Å². The zero-order valence-corrected chi connectivity index (χ0v) is 15.0. The average Bonchev–Trinajstić information content (AvgIpc) is 2.61. The van der Waals surface area contributed by atoms with Crippen molar-refractivity contribution in [1.29, 1.82) is 0 Å². The van der Waals surface area contributed by atoms with Crippen LogP contribution in [0.3, 0.4) is 0 Å². The second-order valence-electron chi connectivity index (χ2n) is 5.96. The summed E-state index contributed by atoms with van der Waals surface area (Å²) in [6.45, 7) is 3.90. The molecule has 1 saturated heterocycles. The van der Waals surface area contributed by atoms with Gasteiger partial charge in [-0.2, -0.15) is 0 Å². The van der Waals surface area contributed by atoms with Gasteiger partial charge in [-0.1, -0.05) is 12.1 Å². The molecule has 1 aliphatic rings. The Kier molecular flexibility index (Phi) is 5.11. The third kappa shape index (κ3) is 3.47. The first-order valence-corrected chi connectivity index (χ1v) is 9.04. The molecule has 2 aromatic rings. The summed E-state index contributed by atoms with van der Waals surface area (Å²) in [4.78, 5) is 15.1. The van der Waals surface area contributed by atoms with Crippen LogP contribution in [-0.4, -0.2) is 17.4 Å². The highest BCUT2D eigenvalue weighted by Crippen LogP contribution is 2.32. The third-order valence-corrected chi connectivity index (χ3v) is 5.19. The second-order valence-corrected chi connectivity index (χ2v) is 6.81. The van der Waals surface area contributed by atoms with Gasteiger partial charge in [0.15, 0.2) is 12.4 Å². The number of halogens is 1. The van der Waals surface area contributed by atoms with Crippen LogP contribution in [0.2, 0.25) is 0 Å². The summed E-state index contributed by atoms with van der Waals surface area (Å²) < 4.78 is 3.04. The summed E-state index contributed by atoms with van der Waals surface area (Å²) in [6.07, 6.45) is 7.53. The van der Waals surface area contributed by atoms with Gasteiger partial charge in [0, 0.05) is 22.6 Å². The molecule has 120 valence electrons. The van der Waals surface area contributed by atoms with Gasteiger partial charge in [0.1, 0.15) is 6.54 Å². The van der Waals surface area contributed by atoms with Crippen molar-refractivity contribution in [1.82, 2.24) is 4.90 Å². The number of pyridine rings is 1. The van der Waals surface area contributed by atoms with E-state index in [4.69, 9.17) is 0 Å². The van der Waals surface area contributed by atoms with E-state index < -0.39 is 0 Å². The highest BCUT2D eigenvalue weighted by molar-refractivity contribution is 9.10. The van der Waals surface area contributed by atoms with Gasteiger partial charge in [-0.25, -0.2) is 4.57 Å². The first-order valence-electron chi connectivity index (χ1n) is 8.25. The molecule has 0 spiro atoms. The molecule has 1 aromatic heterocycles. The van der Waals surface area contributed by atoms with Crippen LogP contribution < -0.4 is 4.57 Å². The molecule has 1 fully saturated rings. The van der Waals surface area contributed by atoms with Gasteiger partial charge in [-0.15, -0.1) is 0 Å². The van der Waals surface area contributed by atoms with Crippen LogP contribution in [0.4, 0.5) is 0 Å². The van der Waals surface area contributed by atoms with Crippen LogP contribution >= 0.6 is 15.9 Å². The number of aryl methyl sites for hydroxylation is 1. The summed E-state index contributed by atoms with van der Waals surface area (Å²) in [5, 5.41) is 0. The quantitative estimate of drug-likeness (QED) is 0.742. The van der Waals surface area contributed by atoms with E-state index in [1.807, 2.05) is 29.2 Å². The third-order valence-electron chi connectivity index (χ3n) is 4.50. The van der Waals surface area contributed by atoms with Crippen molar-refractivity contribution in [2.45, 2.75) is 38.8 Å². The number of carbonyl (C=O) groups excluding carboxylic acids is 1. The Hall–Kier alpha value is -1.68. The number of carbonyl (C=O) groups is 1. The minimum Gasteiger partial charge on any atom is -0.331 e. The van der Waals surface area contributed by atoms with Gasteiger partial charge in [0.25, 0.3) is 5.91 Å². The van der Waals surface area contributed by atoms with Crippen molar-refractivity contribution in [3.63, 3.8) is 0 Å². The number of aromatic nitrogens is 1. The van der Waals surface area contributed by atoms with Crippen LogP contribution in [0.25, 0.3) is 0 Å². The van der Waals surface area contributed by atoms with Crippen LogP contribution in [0.5, 0.6) is 0 Å². The highest BCUT2D eigenvalue weighted by atomic mass is 79.9. The Balaban J connectivity index is 1.92. The number of likely N-dealkylation sites (tertiary alicyclic amines) is 1. The molecule has 1 amide bonds. The lowest BCUT2D eigenvalue weighted by Crippen LogP contribution is -2.40. The average molecular weight is 374 g/mol. The van der Waals surface area contributed by atoms with Crippen molar-refractivity contribution in [2.75, 3.05) is 6.54 Å². The van der Waals surface area contributed by atoms with Crippen LogP contribution in [0.15, 0.2) is 53.3 Å². The van der Waals surface area contributed by atoms with E-state index in [0.717, 1.165) is 36.0 Å². The van der Waals surface area contributed by atoms with E-state index in [0.29, 0.717) is 0 Å². The highest BCUT2D eigenvalue weighted by Gasteiger charge is 2.30. The number of rotatable bonds is 3. The summed E-state index contributed by atoms with van der Waals surface area (Å²) in [6, 6.07) is 12.1. The number of hydrogen-bond acceptors (Lipinski definition) is 1. The zero-order chi connectivity index (χ0) is 16.2. The number of piperidine rings is 1. The van der Waals surface area contributed by atoms with Crippen molar-refractivity contribution in [3.8, 4) is 0 Å². The molecule has 0 saturated carbocycles. The Labute approximate surface area is 146 Å². The first-order chi connectivity index (χ1) is 11.2. The standard InChI is InChI=1S/C19H22BrN2O/c1-2-21-12-7-8-15(14-21)18-11-5-6-13-22(18)19(23)16-9-3-4-10-17(16)20/h3-4,7-10,12,14,18H,2,5-6,11,13H2,1H3/q+1/t18-/m0/s1. The van der Waals surface area contributed by atoms with Crippen LogP contribution in [-0.2, 0) is 6.54 Å². The van der Waals surface area contributed by atoms with Crippen LogP contribution in [0.1, 0.15) is 48.1 Å². The van der Waals surface area contributed by atoms with Crippen molar-refractivity contribution < 1.29 is 9.36 Å². The van der Waals surface area contributed by atoms with E-state index in [2.05, 4.69) is 51.9 Å². The summed E-state index contributed by atoms with van der Waals surface area (Å²) in [5.41, 5.74) is 1.98. The maximum atomic E-state index is 13.0. The van der Waals surface area contributed by atoms with Gasteiger partial charge in [0.05, 0.1) is 11.6 Å². The van der Waals surface area contributed by atoms with Gasteiger partial charge in [-0.3, -0.25) is 4.79 Å². The molecule has 0 radical (unpaired) electrons. The molecule has 2 heterocycles. The van der Waals surface area contributed by atoms with Gasteiger partial charge >= 0.3 is 0 Å². The smallest absolute Gasteiger partial charge is 0.255 e. The van der Waals surface area contributed by atoms with Gasteiger partial charge in [0.2, 0.25) is 0 Å². The minimum absolute atomic E-state index is 0.120. The minimum atomic E-state index is 0.120. The fourth-order valence-corrected chi connectivity index (χ4v) is 3.70. The second kappa shape index (κ2) is 7.26. The van der Waals surface area contributed by atoms with E-state index in [1.165, 1.54) is 12.0 Å². The maximum absolute atomic E-state index is 13.0. The van der Waals surface area contributed by atoms with E-state index in [9.17, 15) is 4.79 Å². The number of benzene rings is 1. The zero-order valence-electron chi connectivity index (χ0n) is 13.4. The molecule has 23 heavy (non-hydrogen) atoms. The number of amides is 1. The van der Waals surface area contributed by atoms with Crippen molar-refractivity contribution in [2.24, 2.45) is 0 Å². The molecular weight excluding hydrogens is 352 g/mol. The monoisotopic (exact) mass is 373 g/mol. The molecule has 0 unspecified atom stereocenters. The van der Waals surface area contributed by atoms with Crippen LogP contribution in [0, 0.1) is 0 Å². The predicted molar refractivity (Wildman–Crippen MR) is 94.1 cm³/mol. The lowest BCUT2D eigenvalue weighted by Gasteiger charge is -2.35. The molecule has 3 nitrogen and oxygen atoms in total. The molecule has 3 rings (SSSR count). The summed E-state index contributed by atoms with van der Waals surface area (Å²) >= 11 is 3.51. The van der Waals surface area contributed by atoms with Gasteiger partial charge < -0.3 is 4.90 Å². The van der Waals surface area contributed by atoms with Gasteiger partial charge in [-0.05, 0) is 60.3 Å². The molecule has 0 N–H and O–H groups in total. The fraction of sp³-hybridized carbons (Fsp3) is 0.368.